The van der Waals surface area contributed by atoms with Crippen LogP contribution in [-0.2, 0) is 12.8 Å². The monoisotopic (exact) mass is 412 g/mol. The molecule has 3 rings (SSSR count). The second-order valence-corrected chi connectivity index (χ2v) is 7.66. The molecule has 0 saturated heterocycles. The first-order valence-electron chi connectivity index (χ1n) is 9.73. The average Bonchev–Trinajstić information content (AvgIpc) is 3.18. The van der Waals surface area contributed by atoms with E-state index in [4.69, 9.17) is 9.47 Å². The topological polar surface area (TPSA) is 67.8 Å². The van der Waals surface area contributed by atoms with Crippen LogP contribution in [0.15, 0.2) is 47.5 Å². The molecular weight excluding hydrogens is 384 g/mol. The number of aryl methyl sites for hydroxylation is 1. The molecule has 0 aliphatic heterocycles. The van der Waals surface area contributed by atoms with Gasteiger partial charge in [0.1, 0.15) is 0 Å². The Morgan fingerprint density at radius 1 is 1.00 bits per heavy atom. The van der Waals surface area contributed by atoms with Gasteiger partial charge in [-0.3, -0.25) is 4.99 Å². The van der Waals surface area contributed by atoms with Gasteiger partial charge in [0, 0.05) is 26.6 Å². The Kier molecular flexibility index (Phi) is 7.69. The summed E-state index contributed by atoms with van der Waals surface area (Å²) >= 11 is 1.77. The largest absolute Gasteiger partial charge is 0.493 e. The van der Waals surface area contributed by atoms with E-state index in [1.165, 1.54) is 15.3 Å². The Morgan fingerprint density at radius 2 is 1.79 bits per heavy atom. The van der Waals surface area contributed by atoms with E-state index in [0.717, 1.165) is 55.3 Å². The summed E-state index contributed by atoms with van der Waals surface area (Å²) in [6.07, 6.45) is 2.85. The first kappa shape index (κ1) is 20.9. The first-order chi connectivity index (χ1) is 14.2. The smallest absolute Gasteiger partial charge is 0.190 e. The maximum atomic E-state index is 5.36. The van der Waals surface area contributed by atoms with Gasteiger partial charge in [0.05, 0.1) is 29.4 Å². The molecule has 0 radical (unpaired) electrons. The van der Waals surface area contributed by atoms with E-state index in [9.17, 15) is 0 Å². The predicted octanol–water partition coefficient (Wildman–Crippen LogP) is 3.65. The normalized spacial score (nSPS) is 11.5. The van der Waals surface area contributed by atoms with Crippen molar-refractivity contribution in [2.24, 2.45) is 4.99 Å². The molecule has 0 unspecified atom stereocenters. The van der Waals surface area contributed by atoms with E-state index in [1.807, 2.05) is 18.2 Å². The van der Waals surface area contributed by atoms with E-state index in [0.29, 0.717) is 0 Å². The molecule has 3 aromatic rings. The fraction of sp³-hybridized carbons (Fsp3) is 0.364. The summed E-state index contributed by atoms with van der Waals surface area (Å²) in [5, 5.41) is 7.91. The number of benzene rings is 2. The lowest BCUT2D eigenvalue weighted by Gasteiger charge is -2.13. The fourth-order valence-corrected chi connectivity index (χ4v) is 4.06. The molecule has 7 heteroatoms. The zero-order valence-corrected chi connectivity index (χ0v) is 18.0. The summed E-state index contributed by atoms with van der Waals surface area (Å²) in [6, 6.07) is 14.3. The number of aliphatic imine (C=N–C) groups is 1. The summed E-state index contributed by atoms with van der Waals surface area (Å²) in [5.74, 6) is 2.31. The number of guanidine groups is 1. The highest BCUT2D eigenvalue weighted by Crippen LogP contribution is 2.27. The molecule has 2 aromatic carbocycles. The van der Waals surface area contributed by atoms with Crippen molar-refractivity contribution >= 4 is 27.5 Å². The van der Waals surface area contributed by atoms with Crippen molar-refractivity contribution in [1.29, 1.82) is 0 Å². The lowest BCUT2D eigenvalue weighted by Crippen LogP contribution is -2.38. The average molecular weight is 413 g/mol. The molecule has 29 heavy (non-hydrogen) atoms. The second-order valence-electron chi connectivity index (χ2n) is 6.54. The summed E-state index contributed by atoms with van der Waals surface area (Å²) in [6.45, 7) is 1.64. The quantitative estimate of drug-likeness (QED) is 0.319. The molecule has 0 bridgehead atoms. The number of aromatic nitrogens is 1. The van der Waals surface area contributed by atoms with Gasteiger partial charge in [-0.05, 0) is 42.7 Å². The highest BCUT2D eigenvalue weighted by molar-refractivity contribution is 7.18. The van der Waals surface area contributed by atoms with Crippen LogP contribution in [0.25, 0.3) is 10.2 Å². The minimum Gasteiger partial charge on any atom is -0.493 e. The molecule has 0 atom stereocenters. The maximum absolute atomic E-state index is 5.36. The van der Waals surface area contributed by atoms with Gasteiger partial charge in [0.2, 0.25) is 0 Å². The molecule has 0 aliphatic carbocycles. The number of methoxy groups -OCH3 is 2. The van der Waals surface area contributed by atoms with Crippen LogP contribution in [0, 0.1) is 0 Å². The van der Waals surface area contributed by atoms with Crippen LogP contribution in [0.4, 0.5) is 0 Å². The molecule has 154 valence electrons. The van der Waals surface area contributed by atoms with Crippen LogP contribution in [0.1, 0.15) is 17.0 Å². The van der Waals surface area contributed by atoms with Crippen molar-refractivity contribution in [1.82, 2.24) is 15.6 Å². The zero-order valence-electron chi connectivity index (χ0n) is 17.2. The third kappa shape index (κ3) is 5.84. The maximum Gasteiger partial charge on any atom is 0.190 e. The van der Waals surface area contributed by atoms with Crippen molar-refractivity contribution in [2.75, 3.05) is 34.4 Å². The highest BCUT2D eigenvalue weighted by atomic mass is 32.1. The summed E-state index contributed by atoms with van der Waals surface area (Å²) in [5.41, 5.74) is 2.27. The molecule has 1 aromatic heterocycles. The van der Waals surface area contributed by atoms with Crippen LogP contribution in [0.2, 0.25) is 0 Å². The Morgan fingerprint density at radius 3 is 2.55 bits per heavy atom. The molecule has 0 saturated carbocycles. The van der Waals surface area contributed by atoms with Gasteiger partial charge < -0.3 is 20.1 Å². The first-order valence-corrected chi connectivity index (χ1v) is 10.5. The lowest BCUT2D eigenvalue weighted by atomic mass is 10.1. The number of rotatable bonds is 9. The van der Waals surface area contributed by atoms with Crippen molar-refractivity contribution < 1.29 is 9.47 Å². The predicted molar refractivity (Wildman–Crippen MR) is 121 cm³/mol. The molecule has 0 aliphatic rings. The van der Waals surface area contributed by atoms with E-state index >= 15 is 0 Å². The number of fused-ring (bicyclic) bond motifs is 1. The molecule has 2 N–H and O–H groups in total. The SMILES string of the molecule is CN=C(NCCCc1nc2ccccc2s1)NCCc1ccc(OC)c(OC)c1. The number of para-hydroxylation sites is 1. The Hall–Kier alpha value is -2.80. The summed E-state index contributed by atoms with van der Waals surface area (Å²) < 4.78 is 11.9. The van der Waals surface area contributed by atoms with E-state index in [2.05, 4.69) is 44.9 Å². The van der Waals surface area contributed by atoms with Gasteiger partial charge in [0.15, 0.2) is 17.5 Å². The summed E-state index contributed by atoms with van der Waals surface area (Å²) in [7, 11) is 5.09. The lowest BCUT2D eigenvalue weighted by molar-refractivity contribution is 0.354. The molecular formula is C22H28N4O2S. The Bertz CT molecular complexity index is 922. The number of hydrogen-bond donors (Lipinski definition) is 2. The standard InChI is InChI=1S/C22H28N4O2S/c1-23-22(25-14-12-16-10-11-18(27-2)19(15-16)28-3)24-13-6-9-21-26-17-7-4-5-8-20(17)29-21/h4-5,7-8,10-11,15H,6,9,12-14H2,1-3H3,(H2,23,24,25). The Balaban J connectivity index is 1.39. The van der Waals surface area contributed by atoms with Crippen molar-refractivity contribution in [3.8, 4) is 11.5 Å². The van der Waals surface area contributed by atoms with E-state index in [1.54, 1.807) is 32.6 Å². The molecule has 0 spiro atoms. The van der Waals surface area contributed by atoms with Crippen LogP contribution >= 0.6 is 11.3 Å². The Labute approximate surface area is 176 Å². The third-order valence-corrected chi connectivity index (χ3v) is 5.67. The minimum atomic E-state index is 0.745. The number of nitrogens with one attached hydrogen (secondary N) is 2. The van der Waals surface area contributed by atoms with E-state index in [-0.39, 0.29) is 0 Å². The second kappa shape index (κ2) is 10.7. The highest BCUT2D eigenvalue weighted by Gasteiger charge is 2.06. The minimum absolute atomic E-state index is 0.745. The van der Waals surface area contributed by atoms with Gasteiger partial charge in [-0.2, -0.15) is 0 Å². The van der Waals surface area contributed by atoms with E-state index < -0.39 is 0 Å². The molecule has 0 amide bonds. The van der Waals surface area contributed by atoms with Crippen molar-refractivity contribution in [2.45, 2.75) is 19.3 Å². The number of thiazole rings is 1. The number of ether oxygens (including phenoxy) is 2. The van der Waals surface area contributed by atoms with Gasteiger partial charge in [0.25, 0.3) is 0 Å². The van der Waals surface area contributed by atoms with Gasteiger partial charge >= 0.3 is 0 Å². The summed E-state index contributed by atoms with van der Waals surface area (Å²) in [4.78, 5) is 8.98. The van der Waals surface area contributed by atoms with Gasteiger partial charge in [-0.25, -0.2) is 4.98 Å². The van der Waals surface area contributed by atoms with Crippen LogP contribution < -0.4 is 20.1 Å². The van der Waals surface area contributed by atoms with Crippen LogP contribution in [0.3, 0.4) is 0 Å². The van der Waals surface area contributed by atoms with Crippen molar-refractivity contribution in [3.05, 3.63) is 53.0 Å². The molecule has 0 fully saturated rings. The van der Waals surface area contributed by atoms with Crippen molar-refractivity contribution in [3.63, 3.8) is 0 Å². The van der Waals surface area contributed by atoms with Gasteiger partial charge in [-0.15, -0.1) is 11.3 Å². The zero-order chi connectivity index (χ0) is 20.5. The van der Waals surface area contributed by atoms with Gasteiger partial charge in [-0.1, -0.05) is 18.2 Å². The number of hydrogen-bond acceptors (Lipinski definition) is 5. The molecule has 6 nitrogen and oxygen atoms in total. The third-order valence-electron chi connectivity index (χ3n) is 4.58. The molecule has 1 heterocycles. The fourth-order valence-electron chi connectivity index (χ4n) is 3.06. The number of nitrogens with zero attached hydrogens (tertiary/aromatic N) is 2. The van der Waals surface area contributed by atoms with Crippen LogP contribution in [-0.4, -0.2) is 45.3 Å². The van der Waals surface area contributed by atoms with Crippen LogP contribution in [0.5, 0.6) is 11.5 Å².